The van der Waals surface area contributed by atoms with E-state index >= 15 is 0 Å². The zero-order valence-electron chi connectivity index (χ0n) is 11.0. The van der Waals surface area contributed by atoms with E-state index in [1.165, 1.54) is 11.1 Å². The zero-order valence-corrected chi connectivity index (χ0v) is 11.0. The van der Waals surface area contributed by atoms with Gasteiger partial charge in [0.15, 0.2) is 0 Å². The predicted molar refractivity (Wildman–Crippen MR) is 71.2 cm³/mol. The molecule has 17 heavy (non-hydrogen) atoms. The Balaban J connectivity index is 2.37. The number of hydrogen-bond acceptors (Lipinski definition) is 1. The van der Waals surface area contributed by atoms with Crippen LogP contribution >= 0.6 is 0 Å². The molecule has 2 heteroatoms. The minimum absolute atomic E-state index is 0.0542. The van der Waals surface area contributed by atoms with Crippen molar-refractivity contribution in [3.63, 3.8) is 0 Å². The van der Waals surface area contributed by atoms with E-state index < -0.39 is 0 Å². The fraction of sp³-hybridized carbons (Fsp3) is 0.400. The average Bonchev–Trinajstić information content (AvgIpc) is 2.80. The first-order valence-electron chi connectivity index (χ1n) is 6.10. The first kappa shape index (κ1) is 11.9. The molecule has 0 atom stereocenters. The maximum Gasteiger partial charge on any atom is 0.0649 e. The van der Waals surface area contributed by atoms with E-state index in [9.17, 15) is 0 Å². The van der Waals surface area contributed by atoms with Crippen LogP contribution in [0.1, 0.15) is 44.7 Å². The van der Waals surface area contributed by atoms with Crippen LogP contribution in [-0.2, 0) is 5.54 Å². The molecular formula is C15H20N2. The van der Waals surface area contributed by atoms with Gasteiger partial charge in [-0.2, -0.15) is 0 Å². The molecule has 0 aromatic carbocycles. The van der Waals surface area contributed by atoms with Crippen molar-refractivity contribution in [2.24, 2.45) is 0 Å². The van der Waals surface area contributed by atoms with E-state index in [0.717, 1.165) is 0 Å². The van der Waals surface area contributed by atoms with Gasteiger partial charge in [0.25, 0.3) is 0 Å². The summed E-state index contributed by atoms with van der Waals surface area (Å²) < 4.78 is 2.26. The summed E-state index contributed by atoms with van der Waals surface area (Å²) in [7, 11) is 0. The van der Waals surface area contributed by atoms with Crippen LogP contribution in [-0.4, -0.2) is 9.55 Å². The van der Waals surface area contributed by atoms with E-state index in [2.05, 4.69) is 61.8 Å². The van der Waals surface area contributed by atoms with E-state index in [1.807, 2.05) is 18.5 Å². The molecule has 0 aliphatic heterocycles. The van der Waals surface area contributed by atoms with Crippen LogP contribution in [0.3, 0.4) is 0 Å². The Hall–Kier alpha value is -1.57. The third-order valence-corrected chi connectivity index (χ3v) is 3.40. The standard InChI is InChI=1S/C15H20N2/c1-12(2)13-7-9-17(11-13)15(3,4)14-6-5-8-16-10-14/h5-12H,1-4H3. The zero-order chi connectivity index (χ0) is 12.5. The van der Waals surface area contributed by atoms with Crippen LogP contribution in [0, 0.1) is 0 Å². The van der Waals surface area contributed by atoms with Gasteiger partial charge in [-0.05, 0) is 43.0 Å². The summed E-state index contributed by atoms with van der Waals surface area (Å²) in [5.41, 5.74) is 2.55. The van der Waals surface area contributed by atoms with Gasteiger partial charge in [0.2, 0.25) is 0 Å². The summed E-state index contributed by atoms with van der Waals surface area (Å²) in [5.74, 6) is 0.570. The topological polar surface area (TPSA) is 17.8 Å². The number of hydrogen-bond donors (Lipinski definition) is 0. The minimum Gasteiger partial charge on any atom is -0.344 e. The fourth-order valence-corrected chi connectivity index (χ4v) is 1.98. The van der Waals surface area contributed by atoms with Gasteiger partial charge in [-0.25, -0.2) is 0 Å². The highest BCUT2D eigenvalue weighted by Gasteiger charge is 2.22. The van der Waals surface area contributed by atoms with Crippen molar-refractivity contribution < 1.29 is 0 Å². The summed E-state index contributed by atoms with van der Waals surface area (Å²) in [6.45, 7) is 8.87. The molecule has 2 aromatic rings. The molecule has 0 aliphatic carbocycles. The second kappa shape index (κ2) is 4.36. The number of pyridine rings is 1. The molecule has 0 bridgehead atoms. The molecule has 0 spiro atoms. The highest BCUT2D eigenvalue weighted by atomic mass is 15.0. The van der Waals surface area contributed by atoms with Crippen LogP contribution in [0.25, 0.3) is 0 Å². The lowest BCUT2D eigenvalue weighted by atomic mass is 9.96. The van der Waals surface area contributed by atoms with Gasteiger partial charge in [-0.15, -0.1) is 0 Å². The molecule has 2 nitrogen and oxygen atoms in total. The van der Waals surface area contributed by atoms with Crippen LogP contribution in [0.15, 0.2) is 43.0 Å². The second-order valence-electron chi connectivity index (χ2n) is 5.31. The molecule has 0 unspecified atom stereocenters. The first-order valence-corrected chi connectivity index (χ1v) is 6.10. The Morgan fingerprint density at radius 3 is 2.53 bits per heavy atom. The molecule has 2 aromatic heterocycles. The van der Waals surface area contributed by atoms with Gasteiger partial charge in [0.05, 0.1) is 5.54 Å². The van der Waals surface area contributed by atoms with Crippen LogP contribution in [0.5, 0.6) is 0 Å². The summed E-state index contributed by atoms with van der Waals surface area (Å²) in [5, 5.41) is 0. The highest BCUT2D eigenvalue weighted by molar-refractivity contribution is 5.24. The summed E-state index contributed by atoms with van der Waals surface area (Å²) in [4.78, 5) is 4.21. The molecule has 0 N–H and O–H groups in total. The molecule has 90 valence electrons. The van der Waals surface area contributed by atoms with Crippen molar-refractivity contribution in [1.29, 1.82) is 0 Å². The van der Waals surface area contributed by atoms with Crippen LogP contribution in [0.4, 0.5) is 0 Å². The molecule has 0 amide bonds. The smallest absolute Gasteiger partial charge is 0.0649 e. The molecule has 0 radical (unpaired) electrons. The normalized spacial score (nSPS) is 12.1. The van der Waals surface area contributed by atoms with Crippen molar-refractivity contribution in [1.82, 2.24) is 9.55 Å². The van der Waals surface area contributed by atoms with Gasteiger partial charge in [0.1, 0.15) is 0 Å². The SMILES string of the molecule is CC(C)c1ccn(C(C)(C)c2cccnc2)c1. The van der Waals surface area contributed by atoms with Crippen LogP contribution < -0.4 is 0 Å². The lowest BCUT2D eigenvalue weighted by molar-refractivity contribution is 0.435. The lowest BCUT2D eigenvalue weighted by Gasteiger charge is -2.27. The Morgan fingerprint density at radius 1 is 1.24 bits per heavy atom. The Morgan fingerprint density at radius 2 is 2.00 bits per heavy atom. The largest absolute Gasteiger partial charge is 0.344 e. The number of rotatable bonds is 3. The maximum absolute atomic E-state index is 4.21. The second-order valence-corrected chi connectivity index (χ2v) is 5.31. The summed E-state index contributed by atoms with van der Waals surface area (Å²) in [6, 6.07) is 6.31. The molecular weight excluding hydrogens is 208 g/mol. The van der Waals surface area contributed by atoms with Crippen molar-refractivity contribution in [3.05, 3.63) is 54.1 Å². The van der Waals surface area contributed by atoms with E-state index in [0.29, 0.717) is 5.92 Å². The third kappa shape index (κ3) is 2.26. The molecule has 0 saturated heterocycles. The van der Waals surface area contributed by atoms with E-state index in [-0.39, 0.29) is 5.54 Å². The van der Waals surface area contributed by atoms with Crippen molar-refractivity contribution in [3.8, 4) is 0 Å². The van der Waals surface area contributed by atoms with Crippen molar-refractivity contribution >= 4 is 0 Å². The van der Waals surface area contributed by atoms with Gasteiger partial charge >= 0.3 is 0 Å². The third-order valence-electron chi connectivity index (χ3n) is 3.40. The van der Waals surface area contributed by atoms with Gasteiger partial charge in [-0.1, -0.05) is 19.9 Å². The Bertz CT molecular complexity index is 481. The van der Waals surface area contributed by atoms with Crippen molar-refractivity contribution in [2.75, 3.05) is 0 Å². The highest BCUT2D eigenvalue weighted by Crippen LogP contribution is 2.27. The summed E-state index contributed by atoms with van der Waals surface area (Å²) >= 11 is 0. The molecule has 0 aliphatic rings. The molecule has 0 fully saturated rings. The van der Waals surface area contributed by atoms with E-state index in [4.69, 9.17) is 0 Å². The molecule has 0 saturated carbocycles. The average molecular weight is 228 g/mol. The van der Waals surface area contributed by atoms with Gasteiger partial charge in [0, 0.05) is 24.8 Å². The van der Waals surface area contributed by atoms with Crippen LogP contribution in [0.2, 0.25) is 0 Å². The predicted octanol–water partition coefficient (Wildman–Crippen LogP) is 3.79. The van der Waals surface area contributed by atoms with Crippen molar-refractivity contribution in [2.45, 2.75) is 39.2 Å². The number of nitrogens with zero attached hydrogens (tertiary/aromatic N) is 2. The lowest BCUT2D eigenvalue weighted by Crippen LogP contribution is -2.26. The first-order chi connectivity index (χ1) is 8.01. The minimum atomic E-state index is -0.0542. The summed E-state index contributed by atoms with van der Waals surface area (Å²) in [6.07, 6.45) is 8.14. The van der Waals surface area contributed by atoms with E-state index in [1.54, 1.807) is 0 Å². The molecule has 2 heterocycles. The Kier molecular flexibility index (Phi) is 3.05. The number of aromatic nitrogens is 2. The molecule has 2 rings (SSSR count). The maximum atomic E-state index is 4.21. The quantitative estimate of drug-likeness (QED) is 0.781. The van der Waals surface area contributed by atoms with Gasteiger partial charge < -0.3 is 4.57 Å². The Labute approximate surface area is 103 Å². The van der Waals surface area contributed by atoms with Gasteiger partial charge in [-0.3, -0.25) is 4.98 Å². The fourth-order valence-electron chi connectivity index (χ4n) is 1.98. The monoisotopic (exact) mass is 228 g/mol.